The summed E-state index contributed by atoms with van der Waals surface area (Å²) in [6, 6.07) is 6.19. The van der Waals surface area contributed by atoms with Crippen molar-refractivity contribution in [3.8, 4) is 0 Å². The van der Waals surface area contributed by atoms with Crippen molar-refractivity contribution in [2.45, 2.75) is 45.4 Å². The van der Waals surface area contributed by atoms with E-state index in [-0.39, 0.29) is 11.8 Å². The third-order valence-corrected chi connectivity index (χ3v) is 4.98. The van der Waals surface area contributed by atoms with E-state index in [9.17, 15) is 9.59 Å². The molecule has 0 saturated carbocycles. The van der Waals surface area contributed by atoms with Gasteiger partial charge in [-0.1, -0.05) is 13.0 Å². The highest BCUT2D eigenvalue weighted by Gasteiger charge is 2.25. The second-order valence-corrected chi connectivity index (χ2v) is 6.61. The zero-order valence-electron chi connectivity index (χ0n) is 14.0. The number of carbonyl (C=O) groups excluding carboxylic acids is 2. The lowest BCUT2D eigenvalue weighted by Gasteiger charge is -2.35. The number of amides is 2. The summed E-state index contributed by atoms with van der Waals surface area (Å²) >= 11 is 0. The van der Waals surface area contributed by atoms with Crippen LogP contribution in [0.15, 0.2) is 18.2 Å². The minimum atomic E-state index is 0.112. The van der Waals surface area contributed by atoms with Crippen LogP contribution in [0.2, 0.25) is 0 Å². The molecule has 2 aliphatic rings. The van der Waals surface area contributed by atoms with Crippen molar-refractivity contribution in [1.82, 2.24) is 9.80 Å². The van der Waals surface area contributed by atoms with Gasteiger partial charge in [0, 0.05) is 38.2 Å². The van der Waals surface area contributed by atoms with Crippen LogP contribution in [0.4, 0.5) is 0 Å². The van der Waals surface area contributed by atoms with E-state index in [4.69, 9.17) is 0 Å². The van der Waals surface area contributed by atoms with Crippen LogP contribution in [0, 0.1) is 0 Å². The Morgan fingerprint density at radius 1 is 0.957 bits per heavy atom. The molecule has 23 heavy (non-hydrogen) atoms. The van der Waals surface area contributed by atoms with Crippen molar-refractivity contribution in [2.75, 3.05) is 26.2 Å². The van der Waals surface area contributed by atoms with Gasteiger partial charge in [0.05, 0.1) is 0 Å². The molecule has 0 aromatic heterocycles. The third-order valence-electron chi connectivity index (χ3n) is 4.98. The van der Waals surface area contributed by atoms with E-state index in [0.717, 1.165) is 24.8 Å². The van der Waals surface area contributed by atoms with E-state index in [0.29, 0.717) is 32.6 Å². The number of carbonyl (C=O) groups is 2. The fraction of sp³-hybridized carbons (Fsp3) is 0.579. The molecule has 1 saturated heterocycles. The molecule has 124 valence electrons. The van der Waals surface area contributed by atoms with E-state index in [1.807, 2.05) is 22.8 Å². The normalized spacial score (nSPS) is 17.8. The molecule has 1 aliphatic carbocycles. The molecule has 3 rings (SSSR count). The van der Waals surface area contributed by atoms with E-state index in [1.54, 1.807) is 0 Å². The van der Waals surface area contributed by atoms with Crippen molar-refractivity contribution in [1.29, 1.82) is 0 Å². The van der Waals surface area contributed by atoms with Gasteiger partial charge in [-0.05, 0) is 55.4 Å². The van der Waals surface area contributed by atoms with Gasteiger partial charge in [0.2, 0.25) is 5.91 Å². The third kappa shape index (κ3) is 3.57. The quantitative estimate of drug-likeness (QED) is 0.860. The zero-order chi connectivity index (χ0) is 16.2. The lowest BCUT2D eigenvalue weighted by Crippen LogP contribution is -2.50. The summed E-state index contributed by atoms with van der Waals surface area (Å²) in [7, 11) is 0. The Morgan fingerprint density at radius 2 is 1.61 bits per heavy atom. The standard InChI is InChI=1S/C19H26N2O2/c1-2-5-18(22)20-10-12-21(13-11-20)19(23)17-9-8-15-6-3-4-7-16(15)14-17/h8-9,14H,2-7,10-13H2,1H3. The molecule has 1 aliphatic heterocycles. The first kappa shape index (κ1) is 16.0. The predicted octanol–water partition coefficient (Wildman–Crippen LogP) is 2.65. The molecule has 2 amide bonds. The summed E-state index contributed by atoms with van der Waals surface area (Å²) in [5, 5.41) is 0. The van der Waals surface area contributed by atoms with Gasteiger partial charge in [-0.2, -0.15) is 0 Å². The van der Waals surface area contributed by atoms with Crippen molar-refractivity contribution in [3.05, 3.63) is 34.9 Å². The zero-order valence-corrected chi connectivity index (χ0v) is 14.0. The summed E-state index contributed by atoms with van der Waals surface area (Å²) in [6.45, 7) is 4.63. The minimum Gasteiger partial charge on any atom is -0.339 e. The molecule has 4 heteroatoms. The molecule has 0 atom stereocenters. The molecule has 4 nitrogen and oxygen atoms in total. The summed E-state index contributed by atoms with van der Waals surface area (Å²) < 4.78 is 0. The highest BCUT2D eigenvalue weighted by atomic mass is 16.2. The second-order valence-electron chi connectivity index (χ2n) is 6.61. The molecular formula is C19H26N2O2. The van der Waals surface area contributed by atoms with Gasteiger partial charge in [0.25, 0.3) is 5.91 Å². The Morgan fingerprint density at radius 3 is 2.30 bits per heavy atom. The van der Waals surface area contributed by atoms with Gasteiger partial charge in [-0.25, -0.2) is 0 Å². The van der Waals surface area contributed by atoms with Crippen LogP contribution in [0.25, 0.3) is 0 Å². The topological polar surface area (TPSA) is 40.6 Å². The van der Waals surface area contributed by atoms with Gasteiger partial charge in [-0.15, -0.1) is 0 Å². The summed E-state index contributed by atoms with van der Waals surface area (Å²) in [6.07, 6.45) is 6.21. The number of aryl methyl sites for hydroxylation is 2. The number of benzene rings is 1. The number of nitrogens with zero attached hydrogens (tertiary/aromatic N) is 2. The molecule has 0 N–H and O–H groups in total. The summed E-state index contributed by atoms with van der Waals surface area (Å²) in [5.74, 6) is 0.328. The molecule has 0 radical (unpaired) electrons. The molecule has 0 bridgehead atoms. The Labute approximate surface area is 138 Å². The van der Waals surface area contributed by atoms with Crippen molar-refractivity contribution in [3.63, 3.8) is 0 Å². The maximum Gasteiger partial charge on any atom is 0.253 e. The van der Waals surface area contributed by atoms with Crippen LogP contribution in [0.5, 0.6) is 0 Å². The van der Waals surface area contributed by atoms with Crippen molar-refractivity contribution >= 4 is 11.8 Å². The summed E-state index contributed by atoms with van der Waals surface area (Å²) in [5.41, 5.74) is 3.56. The predicted molar refractivity (Wildman–Crippen MR) is 90.5 cm³/mol. The smallest absolute Gasteiger partial charge is 0.253 e. The SMILES string of the molecule is CCCC(=O)N1CCN(C(=O)c2ccc3c(c2)CCCC3)CC1. The maximum atomic E-state index is 12.7. The van der Waals surface area contributed by atoms with Crippen LogP contribution >= 0.6 is 0 Å². The summed E-state index contributed by atoms with van der Waals surface area (Å²) in [4.78, 5) is 28.4. The maximum absolute atomic E-state index is 12.7. The first-order chi connectivity index (χ1) is 11.2. The fourth-order valence-electron chi connectivity index (χ4n) is 3.58. The van der Waals surface area contributed by atoms with E-state index in [2.05, 4.69) is 12.1 Å². The molecule has 1 fully saturated rings. The molecule has 1 aromatic rings. The van der Waals surface area contributed by atoms with Gasteiger partial charge in [0.1, 0.15) is 0 Å². The molecular weight excluding hydrogens is 288 g/mol. The number of hydrogen-bond acceptors (Lipinski definition) is 2. The highest BCUT2D eigenvalue weighted by molar-refractivity contribution is 5.94. The molecule has 1 heterocycles. The highest BCUT2D eigenvalue weighted by Crippen LogP contribution is 2.23. The van der Waals surface area contributed by atoms with Crippen LogP contribution in [0.1, 0.15) is 54.1 Å². The largest absolute Gasteiger partial charge is 0.339 e. The van der Waals surface area contributed by atoms with Gasteiger partial charge < -0.3 is 9.80 Å². The van der Waals surface area contributed by atoms with Gasteiger partial charge >= 0.3 is 0 Å². The minimum absolute atomic E-state index is 0.112. The second kappa shape index (κ2) is 7.16. The van der Waals surface area contributed by atoms with E-state index >= 15 is 0 Å². The Hall–Kier alpha value is -1.84. The van der Waals surface area contributed by atoms with Crippen LogP contribution < -0.4 is 0 Å². The van der Waals surface area contributed by atoms with Gasteiger partial charge in [0.15, 0.2) is 0 Å². The molecule has 0 unspecified atom stereocenters. The Bertz CT molecular complexity index is 589. The number of piperazine rings is 1. The fourth-order valence-corrected chi connectivity index (χ4v) is 3.58. The Balaban J connectivity index is 1.62. The monoisotopic (exact) mass is 314 g/mol. The van der Waals surface area contributed by atoms with Crippen LogP contribution in [-0.2, 0) is 17.6 Å². The average molecular weight is 314 g/mol. The van der Waals surface area contributed by atoms with Crippen molar-refractivity contribution < 1.29 is 9.59 Å². The lowest BCUT2D eigenvalue weighted by atomic mass is 9.90. The molecule has 1 aromatic carbocycles. The molecule has 0 spiro atoms. The van der Waals surface area contributed by atoms with E-state index < -0.39 is 0 Å². The number of rotatable bonds is 3. The first-order valence-electron chi connectivity index (χ1n) is 8.88. The van der Waals surface area contributed by atoms with Crippen LogP contribution in [0.3, 0.4) is 0 Å². The lowest BCUT2D eigenvalue weighted by molar-refractivity contribution is -0.132. The number of hydrogen-bond donors (Lipinski definition) is 0. The van der Waals surface area contributed by atoms with Crippen molar-refractivity contribution in [2.24, 2.45) is 0 Å². The van der Waals surface area contributed by atoms with E-state index in [1.165, 1.54) is 24.0 Å². The Kier molecular flexibility index (Phi) is 4.99. The first-order valence-corrected chi connectivity index (χ1v) is 8.88. The van der Waals surface area contributed by atoms with Crippen LogP contribution in [-0.4, -0.2) is 47.8 Å². The van der Waals surface area contributed by atoms with Gasteiger partial charge in [-0.3, -0.25) is 9.59 Å². The number of fused-ring (bicyclic) bond motifs is 1. The average Bonchev–Trinajstić information content (AvgIpc) is 2.61.